The minimum Gasteiger partial charge on any atom is -0.395 e. The van der Waals surface area contributed by atoms with Gasteiger partial charge in [-0.15, -0.1) is 0 Å². The summed E-state index contributed by atoms with van der Waals surface area (Å²) in [6.45, 7) is 2.22. The van der Waals surface area contributed by atoms with E-state index in [1.165, 1.54) is 57.8 Å². The fourth-order valence-corrected chi connectivity index (χ4v) is 2.41. The molecule has 2 unspecified atom stereocenters. The van der Waals surface area contributed by atoms with Gasteiger partial charge in [0.15, 0.2) is 0 Å². The van der Waals surface area contributed by atoms with Gasteiger partial charge in [0.1, 0.15) is 0 Å². The van der Waals surface area contributed by atoms with Gasteiger partial charge in [0.05, 0.1) is 12.7 Å². The molecule has 116 valence electrons. The molecule has 0 aromatic rings. The number of hydrogen-bond donors (Lipinski definition) is 3. The van der Waals surface area contributed by atoms with Crippen LogP contribution in [0.25, 0.3) is 0 Å². The topological polar surface area (TPSA) is 66.5 Å². The summed E-state index contributed by atoms with van der Waals surface area (Å²) < 4.78 is 0. The second kappa shape index (κ2) is 14.3. The van der Waals surface area contributed by atoms with Crippen LogP contribution in [-0.4, -0.2) is 29.0 Å². The lowest BCUT2D eigenvalue weighted by molar-refractivity contribution is 0.128. The second-order valence-electron chi connectivity index (χ2n) is 5.80. The fraction of sp³-hybridized carbons (Fsp3) is 1.00. The maximum atomic E-state index is 9.68. The van der Waals surface area contributed by atoms with Crippen LogP contribution < -0.4 is 5.73 Å². The van der Waals surface area contributed by atoms with Crippen molar-refractivity contribution in [2.75, 3.05) is 6.61 Å². The molecule has 0 amide bonds. The van der Waals surface area contributed by atoms with Gasteiger partial charge in [-0.25, -0.2) is 0 Å². The van der Waals surface area contributed by atoms with E-state index < -0.39 is 0 Å². The van der Waals surface area contributed by atoms with Gasteiger partial charge in [-0.05, 0) is 12.8 Å². The molecule has 0 radical (unpaired) electrons. The molecule has 3 heteroatoms. The summed E-state index contributed by atoms with van der Waals surface area (Å²) in [6.07, 6.45) is 14.2. The van der Waals surface area contributed by atoms with E-state index in [1.807, 2.05) is 0 Å². The van der Waals surface area contributed by atoms with Crippen molar-refractivity contribution in [3.63, 3.8) is 0 Å². The predicted molar refractivity (Wildman–Crippen MR) is 82.1 cm³/mol. The Morgan fingerprint density at radius 3 is 1.79 bits per heavy atom. The zero-order chi connectivity index (χ0) is 14.3. The third kappa shape index (κ3) is 14.1. The van der Waals surface area contributed by atoms with E-state index in [0.29, 0.717) is 6.42 Å². The van der Waals surface area contributed by atoms with Crippen molar-refractivity contribution < 1.29 is 10.2 Å². The molecule has 3 nitrogen and oxygen atoms in total. The zero-order valence-corrected chi connectivity index (χ0v) is 12.8. The van der Waals surface area contributed by atoms with Crippen LogP contribution in [-0.2, 0) is 0 Å². The quantitative estimate of drug-likeness (QED) is 0.425. The highest BCUT2D eigenvalue weighted by molar-refractivity contribution is 4.66. The minimum absolute atomic E-state index is 0.0326. The third-order valence-electron chi connectivity index (χ3n) is 3.70. The molecule has 0 aromatic heterocycles. The number of nitrogens with two attached hydrogens (primary N) is 1. The summed E-state index contributed by atoms with van der Waals surface area (Å²) in [5.74, 6) is 0. The lowest BCUT2D eigenvalue weighted by atomic mass is 10.0. The van der Waals surface area contributed by atoms with E-state index in [1.54, 1.807) is 0 Å². The van der Waals surface area contributed by atoms with Crippen molar-refractivity contribution >= 4 is 0 Å². The van der Waals surface area contributed by atoms with Crippen molar-refractivity contribution in [1.82, 2.24) is 0 Å². The van der Waals surface area contributed by atoms with Crippen LogP contribution in [0.1, 0.15) is 84.0 Å². The summed E-state index contributed by atoms with van der Waals surface area (Å²) in [6, 6.07) is -0.266. The number of hydrogen-bond acceptors (Lipinski definition) is 3. The first kappa shape index (κ1) is 18.9. The summed E-state index contributed by atoms with van der Waals surface area (Å²) in [7, 11) is 0. The van der Waals surface area contributed by atoms with E-state index in [0.717, 1.165) is 12.8 Å². The highest BCUT2D eigenvalue weighted by Crippen LogP contribution is 2.13. The Morgan fingerprint density at radius 2 is 1.32 bits per heavy atom. The smallest absolute Gasteiger partial charge is 0.0583 e. The Balaban J connectivity index is 3.13. The summed E-state index contributed by atoms with van der Waals surface area (Å²) in [4.78, 5) is 0. The van der Waals surface area contributed by atoms with E-state index in [9.17, 15) is 5.11 Å². The van der Waals surface area contributed by atoms with Crippen molar-refractivity contribution in [2.24, 2.45) is 5.73 Å². The van der Waals surface area contributed by atoms with Crippen LogP contribution in [0.5, 0.6) is 0 Å². The van der Waals surface area contributed by atoms with E-state index in [4.69, 9.17) is 10.8 Å². The van der Waals surface area contributed by atoms with Crippen molar-refractivity contribution in [2.45, 2.75) is 96.1 Å². The monoisotopic (exact) mass is 273 g/mol. The van der Waals surface area contributed by atoms with Crippen molar-refractivity contribution in [3.8, 4) is 0 Å². The Labute approximate surface area is 119 Å². The van der Waals surface area contributed by atoms with Gasteiger partial charge < -0.3 is 15.9 Å². The molecule has 0 rings (SSSR count). The molecule has 0 aromatic carbocycles. The average Bonchev–Trinajstić information content (AvgIpc) is 2.40. The average molecular weight is 273 g/mol. The molecule has 0 saturated heterocycles. The molecular formula is C16H35NO2. The van der Waals surface area contributed by atoms with Gasteiger partial charge >= 0.3 is 0 Å². The van der Waals surface area contributed by atoms with Gasteiger partial charge in [0.2, 0.25) is 0 Å². The Kier molecular flexibility index (Phi) is 14.2. The third-order valence-corrected chi connectivity index (χ3v) is 3.70. The van der Waals surface area contributed by atoms with Gasteiger partial charge in [-0.3, -0.25) is 0 Å². The molecular weight excluding hydrogens is 238 g/mol. The molecule has 0 aliphatic rings. The summed E-state index contributed by atoms with van der Waals surface area (Å²) in [5, 5.41) is 18.5. The first-order valence-electron chi connectivity index (χ1n) is 8.25. The highest BCUT2D eigenvalue weighted by Gasteiger charge is 2.09. The molecule has 19 heavy (non-hydrogen) atoms. The lowest BCUT2D eigenvalue weighted by Crippen LogP contribution is -2.29. The van der Waals surface area contributed by atoms with Gasteiger partial charge in [-0.2, -0.15) is 0 Å². The number of rotatable bonds is 14. The first-order valence-corrected chi connectivity index (χ1v) is 8.25. The van der Waals surface area contributed by atoms with Gasteiger partial charge in [0.25, 0.3) is 0 Å². The van der Waals surface area contributed by atoms with Crippen LogP contribution in [0.3, 0.4) is 0 Å². The molecule has 0 aliphatic carbocycles. The molecule has 0 aliphatic heterocycles. The van der Waals surface area contributed by atoms with Crippen LogP contribution >= 0.6 is 0 Å². The van der Waals surface area contributed by atoms with Crippen LogP contribution in [0.2, 0.25) is 0 Å². The Hall–Kier alpha value is -0.120. The number of aliphatic hydroxyl groups is 2. The number of unbranched alkanes of at least 4 members (excludes halogenated alkanes) is 9. The summed E-state index contributed by atoms with van der Waals surface area (Å²) in [5.41, 5.74) is 5.58. The molecule has 0 saturated carbocycles. The zero-order valence-electron chi connectivity index (χ0n) is 12.8. The van der Waals surface area contributed by atoms with Crippen molar-refractivity contribution in [1.29, 1.82) is 0 Å². The maximum Gasteiger partial charge on any atom is 0.0583 e. The molecule has 0 fully saturated rings. The largest absolute Gasteiger partial charge is 0.395 e. The Bertz CT molecular complexity index is 176. The van der Waals surface area contributed by atoms with Crippen LogP contribution in [0.15, 0.2) is 0 Å². The van der Waals surface area contributed by atoms with E-state index in [2.05, 4.69) is 6.92 Å². The molecule has 0 spiro atoms. The fourth-order valence-electron chi connectivity index (χ4n) is 2.41. The maximum absolute atomic E-state index is 9.68. The highest BCUT2D eigenvalue weighted by atomic mass is 16.3. The van der Waals surface area contributed by atoms with Crippen LogP contribution in [0, 0.1) is 0 Å². The van der Waals surface area contributed by atoms with Gasteiger partial charge in [0, 0.05) is 6.04 Å². The second-order valence-corrected chi connectivity index (χ2v) is 5.80. The van der Waals surface area contributed by atoms with Crippen molar-refractivity contribution in [3.05, 3.63) is 0 Å². The normalized spacial score (nSPS) is 14.5. The molecule has 4 N–H and O–H groups in total. The van der Waals surface area contributed by atoms with E-state index >= 15 is 0 Å². The standard InChI is InChI=1S/C16H35NO2/c1-2-3-4-5-6-7-8-9-10-11-12-16(19)13-15(17)14-18/h15-16,18-19H,2-14,17H2,1H3. The molecule has 0 bridgehead atoms. The minimum atomic E-state index is -0.337. The van der Waals surface area contributed by atoms with Crippen LogP contribution in [0.4, 0.5) is 0 Å². The lowest BCUT2D eigenvalue weighted by Gasteiger charge is -2.14. The Morgan fingerprint density at radius 1 is 0.842 bits per heavy atom. The van der Waals surface area contributed by atoms with E-state index in [-0.39, 0.29) is 18.8 Å². The SMILES string of the molecule is CCCCCCCCCCCCC(O)CC(N)CO. The molecule has 0 heterocycles. The first-order chi connectivity index (χ1) is 9.20. The summed E-state index contributed by atoms with van der Waals surface area (Å²) >= 11 is 0. The number of aliphatic hydroxyl groups excluding tert-OH is 2. The predicted octanol–water partition coefficient (Wildman–Crippen LogP) is 3.37. The molecule has 2 atom stereocenters. The van der Waals surface area contributed by atoms with Gasteiger partial charge in [-0.1, -0.05) is 71.1 Å².